The van der Waals surface area contributed by atoms with Crippen LogP contribution < -0.4 is 4.57 Å². The van der Waals surface area contributed by atoms with Crippen LogP contribution in [0.4, 0.5) is 0 Å². The maximum atomic E-state index is 3.49. The molecular formula is C29H57N2+. The summed E-state index contributed by atoms with van der Waals surface area (Å²) in [6.07, 6.45) is 34.1. The average molecular weight is 434 g/mol. The van der Waals surface area contributed by atoms with Crippen LogP contribution in [0, 0.1) is 5.92 Å². The van der Waals surface area contributed by atoms with Gasteiger partial charge in [0.25, 0.3) is 5.82 Å². The van der Waals surface area contributed by atoms with Gasteiger partial charge in [0.1, 0.15) is 12.4 Å². The van der Waals surface area contributed by atoms with Crippen LogP contribution in [0.25, 0.3) is 0 Å². The molecule has 2 heteroatoms. The zero-order chi connectivity index (χ0) is 22.4. The quantitative estimate of drug-likeness (QED) is 0.131. The molecule has 0 bridgehead atoms. The van der Waals surface area contributed by atoms with Crippen molar-refractivity contribution >= 4 is 0 Å². The average Bonchev–Trinajstić information content (AvgIpc) is 3.20. The van der Waals surface area contributed by atoms with Crippen LogP contribution in [0.1, 0.15) is 155 Å². The molecule has 0 saturated heterocycles. The first-order valence-electron chi connectivity index (χ1n) is 14.3. The summed E-state index contributed by atoms with van der Waals surface area (Å²) in [5.41, 5.74) is 0. The number of unbranched alkanes of at least 4 members (excludes halogenated alkanes) is 17. The summed E-state index contributed by atoms with van der Waals surface area (Å²) in [7, 11) is 0. The number of rotatable bonds is 23. The Bertz CT molecular complexity index is 477. The minimum Gasteiger partial charge on any atom is -0.248 e. The molecule has 1 aromatic rings. The number of aryl methyl sites for hydroxylation is 2. The molecule has 1 rings (SSSR count). The van der Waals surface area contributed by atoms with Crippen molar-refractivity contribution in [1.29, 1.82) is 0 Å². The highest BCUT2D eigenvalue weighted by Crippen LogP contribution is 2.13. The van der Waals surface area contributed by atoms with Gasteiger partial charge in [0, 0.05) is 6.42 Å². The molecule has 0 atom stereocenters. The van der Waals surface area contributed by atoms with Crippen molar-refractivity contribution in [2.45, 2.75) is 162 Å². The summed E-state index contributed by atoms with van der Waals surface area (Å²) in [4.78, 5) is 3.49. The summed E-state index contributed by atoms with van der Waals surface area (Å²) in [5.74, 6) is 2.31. The van der Waals surface area contributed by atoms with E-state index >= 15 is 0 Å². The Labute approximate surface area is 196 Å². The number of aromatic amines is 1. The van der Waals surface area contributed by atoms with Crippen LogP contribution in [-0.4, -0.2) is 4.98 Å². The van der Waals surface area contributed by atoms with Crippen molar-refractivity contribution < 1.29 is 4.57 Å². The van der Waals surface area contributed by atoms with Crippen molar-refractivity contribution in [2.24, 2.45) is 5.92 Å². The Kier molecular flexibility index (Phi) is 19.2. The molecular weight excluding hydrogens is 376 g/mol. The molecule has 0 aromatic carbocycles. The minimum atomic E-state index is 0.868. The molecule has 0 amide bonds. The zero-order valence-corrected chi connectivity index (χ0v) is 21.7. The Morgan fingerprint density at radius 2 is 1.13 bits per heavy atom. The van der Waals surface area contributed by atoms with Crippen molar-refractivity contribution in [3.8, 4) is 0 Å². The van der Waals surface area contributed by atoms with E-state index < -0.39 is 0 Å². The molecule has 0 fully saturated rings. The molecule has 0 aliphatic heterocycles. The summed E-state index contributed by atoms with van der Waals surface area (Å²) in [6.45, 7) is 8.17. The monoisotopic (exact) mass is 433 g/mol. The molecule has 0 aliphatic carbocycles. The van der Waals surface area contributed by atoms with Gasteiger partial charge in [-0.05, 0) is 25.2 Å². The van der Waals surface area contributed by atoms with E-state index in [0.29, 0.717) is 0 Å². The van der Waals surface area contributed by atoms with Gasteiger partial charge in [-0.15, -0.1) is 0 Å². The van der Waals surface area contributed by atoms with Crippen molar-refractivity contribution in [1.82, 2.24) is 4.98 Å². The third-order valence-corrected chi connectivity index (χ3v) is 6.80. The van der Waals surface area contributed by atoms with Crippen LogP contribution in [0.2, 0.25) is 0 Å². The van der Waals surface area contributed by atoms with E-state index in [0.717, 1.165) is 5.92 Å². The highest BCUT2D eigenvalue weighted by Gasteiger charge is 2.09. The standard InChI is InChI=1S/C29H56N2/c1-4-5-6-7-8-9-10-11-12-13-14-15-19-22-26-31-27-25-30-29(31)24-21-18-16-17-20-23-28(2)3/h25,27-28H,4-24,26H2,1-3H3/p+1. The predicted octanol–water partition coefficient (Wildman–Crippen LogP) is 9.32. The molecule has 2 nitrogen and oxygen atoms in total. The molecule has 1 N–H and O–H groups in total. The van der Waals surface area contributed by atoms with E-state index in [4.69, 9.17) is 0 Å². The highest BCUT2D eigenvalue weighted by molar-refractivity contribution is 4.77. The number of H-pyrrole nitrogens is 1. The maximum Gasteiger partial charge on any atom is 0.254 e. The summed E-state index contributed by atoms with van der Waals surface area (Å²) >= 11 is 0. The lowest BCUT2D eigenvalue weighted by molar-refractivity contribution is -0.703. The van der Waals surface area contributed by atoms with Crippen LogP contribution >= 0.6 is 0 Å². The minimum absolute atomic E-state index is 0.868. The number of nitrogens with zero attached hydrogens (tertiary/aromatic N) is 1. The fraction of sp³-hybridized carbons (Fsp3) is 0.897. The van der Waals surface area contributed by atoms with Gasteiger partial charge in [0.05, 0.1) is 6.54 Å². The number of nitrogens with one attached hydrogen (secondary N) is 1. The largest absolute Gasteiger partial charge is 0.254 e. The Morgan fingerprint density at radius 1 is 0.645 bits per heavy atom. The van der Waals surface area contributed by atoms with E-state index in [9.17, 15) is 0 Å². The topological polar surface area (TPSA) is 19.7 Å². The lowest BCUT2D eigenvalue weighted by Crippen LogP contribution is -2.36. The molecule has 1 aromatic heterocycles. The zero-order valence-electron chi connectivity index (χ0n) is 21.7. The van der Waals surface area contributed by atoms with Gasteiger partial charge in [-0.2, -0.15) is 0 Å². The lowest BCUT2D eigenvalue weighted by atomic mass is 10.0. The normalized spacial score (nSPS) is 11.6. The van der Waals surface area contributed by atoms with Gasteiger partial charge in [-0.3, -0.25) is 0 Å². The lowest BCUT2D eigenvalue weighted by Gasteiger charge is -2.05. The van der Waals surface area contributed by atoms with E-state index in [-0.39, 0.29) is 0 Å². The first-order chi connectivity index (χ1) is 15.2. The molecule has 0 radical (unpaired) electrons. The van der Waals surface area contributed by atoms with Crippen molar-refractivity contribution in [3.63, 3.8) is 0 Å². The molecule has 182 valence electrons. The fourth-order valence-electron chi connectivity index (χ4n) is 4.67. The van der Waals surface area contributed by atoms with Crippen LogP contribution in [0.5, 0.6) is 0 Å². The molecule has 0 aliphatic rings. The van der Waals surface area contributed by atoms with Crippen LogP contribution in [-0.2, 0) is 13.0 Å². The molecule has 31 heavy (non-hydrogen) atoms. The van der Waals surface area contributed by atoms with Crippen molar-refractivity contribution in [2.75, 3.05) is 0 Å². The van der Waals surface area contributed by atoms with Gasteiger partial charge >= 0.3 is 0 Å². The second kappa shape index (κ2) is 21.1. The van der Waals surface area contributed by atoms with E-state index in [2.05, 4.69) is 42.7 Å². The third-order valence-electron chi connectivity index (χ3n) is 6.80. The van der Waals surface area contributed by atoms with Gasteiger partial charge < -0.3 is 0 Å². The van der Waals surface area contributed by atoms with Gasteiger partial charge in [0.2, 0.25) is 0 Å². The number of hydrogen-bond donors (Lipinski definition) is 1. The van der Waals surface area contributed by atoms with Crippen molar-refractivity contribution in [3.05, 3.63) is 18.2 Å². The highest BCUT2D eigenvalue weighted by atomic mass is 15.1. The van der Waals surface area contributed by atoms with E-state index in [1.54, 1.807) is 0 Å². The second-order valence-electron chi connectivity index (χ2n) is 10.4. The van der Waals surface area contributed by atoms with Gasteiger partial charge in [-0.25, -0.2) is 9.55 Å². The summed E-state index contributed by atoms with van der Waals surface area (Å²) in [6, 6.07) is 0. The van der Waals surface area contributed by atoms with E-state index in [1.807, 2.05) is 0 Å². The van der Waals surface area contributed by atoms with Gasteiger partial charge in [-0.1, -0.05) is 130 Å². The first-order valence-corrected chi connectivity index (χ1v) is 14.3. The fourth-order valence-corrected chi connectivity index (χ4v) is 4.67. The predicted molar refractivity (Wildman–Crippen MR) is 138 cm³/mol. The first kappa shape index (κ1) is 28.2. The smallest absolute Gasteiger partial charge is 0.248 e. The van der Waals surface area contributed by atoms with Crippen LogP contribution in [0.3, 0.4) is 0 Å². The Morgan fingerprint density at radius 3 is 1.68 bits per heavy atom. The van der Waals surface area contributed by atoms with Gasteiger partial charge in [0.15, 0.2) is 0 Å². The maximum absolute atomic E-state index is 3.49. The summed E-state index contributed by atoms with van der Waals surface area (Å²) in [5, 5.41) is 0. The molecule has 1 heterocycles. The number of hydrogen-bond acceptors (Lipinski definition) is 0. The second-order valence-corrected chi connectivity index (χ2v) is 10.4. The molecule has 0 spiro atoms. The third kappa shape index (κ3) is 17.4. The molecule has 0 unspecified atom stereocenters. The summed E-state index contributed by atoms with van der Waals surface area (Å²) < 4.78 is 2.47. The van der Waals surface area contributed by atoms with Crippen LogP contribution in [0.15, 0.2) is 12.4 Å². The Hall–Kier alpha value is -0.790. The Balaban J connectivity index is 1.90. The SMILES string of the molecule is CCCCCCCCCCCCCCCC[n+]1cc[nH]c1CCCCCCCC(C)C. The van der Waals surface area contributed by atoms with E-state index in [1.165, 1.54) is 147 Å². The molecule has 0 saturated carbocycles. The number of imidazole rings is 1. The number of aromatic nitrogens is 2.